The summed E-state index contributed by atoms with van der Waals surface area (Å²) >= 11 is 9.16. The number of ether oxygens (including phenoxy) is 1. The Hall–Kier alpha value is -0.340. The molecule has 0 fully saturated rings. The molecule has 21 heavy (non-hydrogen) atoms. The van der Waals surface area contributed by atoms with Crippen LogP contribution in [0.25, 0.3) is 11.3 Å². The molecule has 0 aliphatic rings. The molecule has 2 aromatic rings. The van der Waals surface area contributed by atoms with Crippen LogP contribution in [-0.2, 0) is 4.74 Å². The van der Waals surface area contributed by atoms with Crippen molar-refractivity contribution in [2.75, 3.05) is 0 Å². The van der Waals surface area contributed by atoms with Gasteiger partial charge in [-0.05, 0) is 83.6 Å². The number of carbonyl (C=O) groups is 1. The molecule has 0 N–H and O–H groups in total. The lowest BCUT2D eigenvalue weighted by molar-refractivity contribution is 0.0540. The summed E-state index contributed by atoms with van der Waals surface area (Å²) in [5, 5.41) is 0. The van der Waals surface area contributed by atoms with Gasteiger partial charge in [-0.2, -0.15) is 0 Å². The van der Waals surface area contributed by atoms with E-state index in [2.05, 4.69) is 54.5 Å². The van der Waals surface area contributed by atoms with Gasteiger partial charge in [0.05, 0.1) is 5.69 Å². The molecule has 0 saturated carbocycles. The van der Waals surface area contributed by atoms with Gasteiger partial charge in [0.25, 0.3) is 0 Å². The molecular weight excluding hydrogens is 513 g/mol. The average molecular weight is 527 g/mol. The van der Waals surface area contributed by atoms with Crippen molar-refractivity contribution in [1.29, 1.82) is 0 Å². The van der Waals surface area contributed by atoms with E-state index >= 15 is 0 Å². The van der Waals surface area contributed by atoms with E-state index in [4.69, 9.17) is 4.74 Å². The average Bonchev–Trinajstić information content (AvgIpc) is 2.68. The standard InChI is InChI=1S/C15H14Br2INO2/c1-15(2,3)21-14(20)19-8-11(17)7-13(19)9-4-10(16)6-12(18)5-9/h4-8H,1-3H3. The zero-order valence-corrected chi connectivity index (χ0v) is 17.1. The summed E-state index contributed by atoms with van der Waals surface area (Å²) in [5.41, 5.74) is 1.21. The van der Waals surface area contributed by atoms with E-state index in [0.29, 0.717) is 0 Å². The van der Waals surface area contributed by atoms with Crippen LogP contribution < -0.4 is 0 Å². The van der Waals surface area contributed by atoms with Crippen LogP contribution >= 0.6 is 54.5 Å². The Morgan fingerprint density at radius 3 is 2.38 bits per heavy atom. The normalized spacial score (nSPS) is 11.5. The lowest BCUT2D eigenvalue weighted by atomic mass is 10.1. The highest BCUT2D eigenvalue weighted by Gasteiger charge is 2.21. The van der Waals surface area contributed by atoms with E-state index in [0.717, 1.165) is 23.8 Å². The van der Waals surface area contributed by atoms with Gasteiger partial charge in [0, 0.05) is 24.3 Å². The van der Waals surface area contributed by atoms with Crippen LogP contribution in [0.5, 0.6) is 0 Å². The van der Waals surface area contributed by atoms with Crippen molar-refractivity contribution in [1.82, 2.24) is 4.57 Å². The molecule has 0 saturated heterocycles. The van der Waals surface area contributed by atoms with Gasteiger partial charge in [0.1, 0.15) is 5.60 Å². The lowest BCUT2D eigenvalue weighted by Gasteiger charge is -2.20. The molecule has 3 nitrogen and oxygen atoms in total. The second-order valence-electron chi connectivity index (χ2n) is 5.55. The fraction of sp³-hybridized carbons (Fsp3) is 0.267. The number of rotatable bonds is 1. The highest BCUT2D eigenvalue weighted by Crippen LogP contribution is 2.30. The van der Waals surface area contributed by atoms with E-state index in [1.807, 2.05) is 45.0 Å². The molecule has 0 radical (unpaired) electrons. The Morgan fingerprint density at radius 1 is 1.14 bits per heavy atom. The quantitative estimate of drug-likeness (QED) is 0.422. The van der Waals surface area contributed by atoms with Crippen molar-refractivity contribution in [2.24, 2.45) is 0 Å². The third kappa shape index (κ3) is 4.56. The molecule has 0 aliphatic carbocycles. The summed E-state index contributed by atoms with van der Waals surface area (Å²) in [6.07, 6.45) is 1.33. The second kappa shape index (κ2) is 6.42. The first-order valence-corrected chi connectivity index (χ1v) is 8.90. The highest BCUT2D eigenvalue weighted by atomic mass is 127. The molecule has 0 atom stereocenters. The molecule has 0 spiro atoms. The van der Waals surface area contributed by atoms with Crippen LogP contribution in [0.1, 0.15) is 20.8 Å². The van der Waals surface area contributed by atoms with Crippen LogP contribution in [0.15, 0.2) is 39.4 Å². The van der Waals surface area contributed by atoms with Gasteiger partial charge >= 0.3 is 6.09 Å². The van der Waals surface area contributed by atoms with Crippen molar-refractivity contribution in [3.63, 3.8) is 0 Å². The maximum absolute atomic E-state index is 12.3. The fourth-order valence-corrected chi connectivity index (χ4v) is 3.83. The summed E-state index contributed by atoms with van der Waals surface area (Å²) in [7, 11) is 0. The zero-order chi connectivity index (χ0) is 15.8. The molecule has 2 rings (SSSR count). The van der Waals surface area contributed by atoms with Crippen molar-refractivity contribution in [3.05, 3.63) is 43.0 Å². The predicted molar refractivity (Wildman–Crippen MR) is 99.6 cm³/mol. The number of benzene rings is 1. The monoisotopic (exact) mass is 525 g/mol. The molecule has 0 unspecified atom stereocenters. The van der Waals surface area contributed by atoms with Gasteiger partial charge in [-0.25, -0.2) is 4.79 Å². The largest absolute Gasteiger partial charge is 0.443 e. The van der Waals surface area contributed by atoms with Crippen molar-refractivity contribution in [2.45, 2.75) is 26.4 Å². The number of halogens is 3. The fourth-order valence-electron chi connectivity index (χ4n) is 1.82. The Morgan fingerprint density at radius 2 is 1.81 bits per heavy atom. The number of hydrogen-bond acceptors (Lipinski definition) is 2. The van der Waals surface area contributed by atoms with E-state index in [1.54, 1.807) is 6.20 Å². The molecule has 0 amide bonds. The Labute approximate surface area is 154 Å². The molecule has 6 heteroatoms. The topological polar surface area (TPSA) is 31.2 Å². The van der Waals surface area contributed by atoms with E-state index in [9.17, 15) is 4.79 Å². The van der Waals surface area contributed by atoms with Gasteiger partial charge in [0.2, 0.25) is 0 Å². The van der Waals surface area contributed by atoms with Gasteiger partial charge in [-0.15, -0.1) is 0 Å². The van der Waals surface area contributed by atoms with Crippen molar-refractivity contribution >= 4 is 60.5 Å². The van der Waals surface area contributed by atoms with Crippen LogP contribution in [0.3, 0.4) is 0 Å². The smallest absolute Gasteiger partial charge is 0.419 e. The van der Waals surface area contributed by atoms with Crippen LogP contribution in [0.2, 0.25) is 0 Å². The molecule has 0 aliphatic heterocycles. The van der Waals surface area contributed by atoms with Crippen molar-refractivity contribution < 1.29 is 9.53 Å². The SMILES string of the molecule is CC(C)(C)OC(=O)n1cc(Br)cc1-c1cc(Br)cc(I)c1. The van der Waals surface area contributed by atoms with Crippen LogP contribution in [0.4, 0.5) is 4.79 Å². The van der Waals surface area contributed by atoms with Crippen molar-refractivity contribution in [3.8, 4) is 11.3 Å². The molecule has 1 heterocycles. The first kappa shape index (κ1) is 17.0. The van der Waals surface area contributed by atoms with Crippen LogP contribution in [0, 0.1) is 3.57 Å². The maximum atomic E-state index is 12.3. The Bertz CT molecular complexity index is 669. The van der Waals surface area contributed by atoms with Gasteiger partial charge in [-0.1, -0.05) is 15.9 Å². The minimum absolute atomic E-state index is 0.391. The number of nitrogens with zero attached hydrogens (tertiary/aromatic N) is 1. The zero-order valence-electron chi connectivity index (χ0n) is 11.8. The predicted octanol–water partition coefficient (Wildman–Crippen LogP) is 6.07. The summed E-state index contributed by atoms with van der Waals surface area (Å²) < 4.78 is 9.86. The van der Waals surface area contributed by atoms with Gasteiger partial charge in [0.15, 0.2) is 0 Å². The first-order chi connectivity index (χ1) is 9.65. The summed E-state index contributed by atoms with van der Waals surface area (Å²) in [5.74, 6) is 0. The molecule has 0 bridgehead atoms. The van der Waals surface area contributed by atoms with E-state index in [1.165, 1.54) is 4.57 Å². The van der Waals surface area contributed by atoms with E-state index in [-0.39, 0.29) is 0 Å². The number of aromatic nitrogens is 1. The van der Waals surface area contributed by atoms with Gasteiger partial charge < -0.3 is 4.74 Å². The molecule has 1 aromatic carbocycles. The molecule has 1 aromatic heterocycles. The Balaban J connectivity index is 2.48. The highest BCUT2D eigenvalue weighted by molar-refractivity contribution is 14.1. The first-order valence-electron chi connectivity index (χ1n) is 6.23. The Kier molecular flexibility index (Phi) is 5.20. The van der Waals surface area contributed by atoms with E-state index < -0.39 is 11.7 Å². The number of hydrogen-bond donors (Lipinski definition) is 0. The molecular formula is C15H14Br2INO2. The van der Waals surface area contributed by atoms with Crippen LogP contribution in [-0.4, -0.2) is 16.3 Å². The minimum atomic E-state index is -0.531. The van der Waals surface area contributed by atoms with Gasteiger partial charge in [-0.3, -0.25) is 4.57 Å². The summed E-state index contributed by atoms with van der Waals surface area (Å²) in [6.45, 7) is 5.56. The summed E-state index contributed by atoms with van der Waals surface area (Å²) in [4.78, 5) is 12.3. The number of carbonyl (C=O) groups excluding carboxylic acids is 1. The minimum Gasteiger partial charge on any atom is -0.443 e. The third-order valence-electron chi connectivity index (χ3n) is 2.54. The molecule has 112 valence electrons. The third-order valence-corrected chi connectivity index (χ3v) is 4.05. The second-order valence-corrected chi connectivity index (χ2v) is 8.63. The summed E-state index contributed by atoms with van der Waals surface area (Å²) in [6, 6.07) is 7.92. The lowest BCUT2D eigenvalue weighted by Crippen LogP contribution is -2.27. The maximum Gasteiger partial charge on any atom is 0.419 e.